The number of nitrogens with zero attached hydrogens (tertiary/aromatic N) is 1. The van der Waals surface area contributed by atoms with Crippen LogP contribution in [0, 0.1) is 11.3 Å². The number of hydrogen-bond acceptors (Lipinski definition) is 4. The number of rotatable bonds is 2. The molecule has 0 aromatic carbocycles. The van der Waals surface area contributed by atoms with Crippen molar-refractivity contribution < 1.29 is 9.21 Å². The number of carbonyl (C=O) groups is 1. The predicted octanol–water partition coefficient (Wildman–Crippen LogP) is 1.98. The molecular formula is C11H10N2O2S. The lowest BCUT2D eigenvalue weighted by atomic mass is 9.92. The third-order valence-corrected chi connectivity index (χ3v) is 3.18. The molecule has 0 fully saturated rings. The average Bonchev–Trinajstić information content (AvgIpc) is 2.81. The third-order valence-electron chi connectivity index (χ3n) is 2.45. The lowest BCUT2D eigenvalue weighted by Crippen LogP contribution is -2.30. The molecule has 16 heavy (non-hydrogen) atoms. The minimum absolute atomic E-state index is 0.0789. The fourth-order valence-corrected chi connectivity index (χ4v) is 2.34. The van der Waals surface area contributed by atoms with Crippen LogP contribution < -0.4 is 5.32 Å². The van der Waals surface area contributed by atoms with Crippen LogP contribution in [0.4, 0.5) is 0 Å². The van der Waals surface area contributed by atoms with Gasteiger partial charge in [-0.1, -0.05) is 0 Å². The molecule has 2 rings (SSSR count). The number of amides is 1. The molecule has 0 aliphatic carbocycles. The van der Waals surface area contributed by atoms with E-state index in [0.29, 0.717) is 16.4 Å². The van der Waals surface area contributed by atoms with E-state index in [1.165, 1.54) is 11.8 Å². The Balaban J connectivity index is 2.44. The zero-order valence-electron chi connectivity index (χ0n) is 8.69. The fraction of sp³-hybridized carbons (Fsp3) is 0.273. The highest BCUT2D eigenvalue weighted by Crippen LogP contribution is 2.35. The van der Waals surface area contributed by atoms with Crippen molar-refractivity contribution in [3.63, 3.8) is 0 Å². The van der Waals surface area contributed by atoms with Gasteiger partial charge in [-0.05, 0) is 18.4 Å². The summed E-state index contributed by atoms with van der Waals surface area (Å²) in [5.74, 6) is 0.332. The first-order valence-electron chi connectivity index (χ1n) is 4.77. The molecule has 0 spiro atoms. The molecule has 0 saturated heterocycles. The number of hydrogen-bond donors (Lipinski definition) is 1. The van der Waals surface area contributed by atoms with E-state index in [4.69, 9.17) is 9.68 Å². The Labute approximate surface area is 97.3 Å². The standard InChI is InChI=1S/C11H10N2O2S/c1-16-11-8(6-12)7(5-10(14)13-11)9-3-2-4-15-9/h2-4,7H,5H2,1H3,(H,13,14)/t7-/m1/s1. The van der Waals surface area contributed by atoms with Gasteiger partial charge in [0.1, 0.15) is 5.76 Å². The lowest BCUT2D eigenvalue weighted by molar-refractivity contribution is -0.120. The number of nitrogens with one attached hydrogen (secondary N) is 1. The van der Waals surface area contributed by atoms with Crippen LogP contribution in [-0.4, -0.2) is 12.2 Å². The maximum absolute atomic E-state index is 11.5. The molecule has 4 nitrogen and oxygen atoms in total. The average molecular weight is 234 g/mol. The Morgan fingerprint density at radius 1 is 1.69 bits per heavy atom. The summed E-state index contributed by atoms with van der Waals surface area (Å²) >= 11 is 1.37. The van der Waals surface area contributed by atoms with Crippen molar-refractivity contribution in [1.82, 2.24) is 5.32 Å². The topological polar surface area (TPSA) is 66.0 Å². The molecule has 82 valence electrons. The molecule has 1 aliphatic rings. The number of carbonyl (C=O) groups excluding carboxylic acids is 1. The molecule has 2 heterocycles. The van der Waals surface area contributed by atoms with Crippen LogP contribution in [0.15, 0.2) is 33.4 Å². The Bertz CT molecular complexity index is 471. The minimum atomic E-state index is -0.254. The van der Waals surface area contributed by atoms with Gasteiger partial charge >= 0.3 is 0 Å². The van der Waals surface area contributed by atoms with Crippen LogP contribution in [0.1, 0.15) is 18.1 Å². The minimum Gasteiger partial charge on any atom is -0.469 e. The van der Waals surface area contributed by atoms with Gasteiger partial charge in [-0.3, -0.25) is 4.79 Å². The summed E-state index contributed by atoms with van der Waals surface area (Å²) in [7, 11) is 0. The summed E-state index contributed by atoms with van der Waals surface area (Å²) < 4.78 is 5.27. The monoisotopic (exact) mass is 234 g/mol. The highest BCUT2D eigenvalue weighted by molar-refractivity contribution is 8.02. The van der Waals surface area contributed by atoms with Gasteiger partial charge < -0.3 is 9.73 Å². The second kappa shape index (κ2) is 4.45. The van der Waals surface area contributed by atoms with E-state index in [1.807, 2.05) is 6.26 Å². The summed E-state index contributed by atoms with van der Waals surface area (Å²) in [4.78, 5) is 11.5. The van der Waals surface area contributed by atoms with Crippen molar-refractivity contribution >= 4 is 17.7 Å². The predicted molar refractivity (Wildman–Crippen MR) is 60.4 cm³/mol. The van der Waals surface area contributed by atoms with Crippen LogP contribution in [0.5, 0.6) is 0 Å². The molecule has 1 aromatic heterocycles. The van der Waals surface area contributed by atoms with Crippen molar-refractivity contribution in [3.8, 4) is 6.07 Å². The second-order valence-electron chi connectivity index (χ2n) is 3.38. The summed E-state index contributed by atoms with van der Waals surface area (Å²) in [5, 5.41) is 12.5. The Kier molecular flexibility index (Phi) is 3.02. The quantitative estimate of drug-likeness (QED) is 0.849. The molecule has 1 N–H and O–H groups in total. The Hall–Kier alpha value is -1.67. The van der Waals surface area contributed by atoms with E-state index in [9.17, 15) is 4.79 Å². The first kappa shape index (κ1) is 10.8. The SMILES string of the molecule is CSC1=C(C#N)[C@H](c2ccco2)CC(=O)N1. The number of allylic oxidation sites excluding steroid dienone is 1. The molecular weight excluding hydrogens is 224 g/mol. The first-order valence-corrected chi connectivity index (χ1v) is 6.00. The van der Waals surface area contributed by atoms with Gasteiger partial charge in [0.15, 0.2) is 0 Å². The third kappa shape index (κ3) is 1.84. The van der Waals surface area contributed by atoms with Crippen LogP contribution in [0.3, 0.4) is 0 Å². The van der Waals surface area contributed by atoms with Gasteiger partial charge in [0.2, 0.25) is 5.91 Å². The highest BCUT2D eigenvalue weighted by atomic mass is 32.2. The molecule has 0 bridgehead atoms. The summed E-state index contributed by atoms with van der Waals surface area (Å²) in [6, 6.07) is 5.70. The highest BCUT2D eigenvalue weighted by Gasteiger charge is 2.30. The van der Waals surface area contributed by atoms with E-state index >= 15 is 0 Å². The van der Waals surface area contributed by atoms with Gasteiger partial charge in [-0.15, -0.1) is 11.8 Å². The molecule has 5 heteroatoms. The van der Waals surface area contributed by atoms with Crippen LogP contribution >= 0.6 is 11.8 Å². The molecule has 0 radical (unpaired) electrons. The fourth-order valence-electron chi connectivity index (χ4n) is 1.71. The molecule has 0 unspecified atom stereocenters. The molecule has 1 aliphatic heterocycles. The van der Waals surface area contributed by atoms with Gasteiger partial charge in [0.25, 0.3) is 0 Å². The zero-order chi connectivity index (χ0) is 11.5. The first-order chi connectivity index (χ1) is 7.76. The maximum Gasteiger partial charge on any atom is 0.225 e. The van der Waals surface area contributed by atoms with Gasteiger partial charge in [0, 0.05) is 6.42 Å². The Morgan fingerprint density at radius 3 is 3.06 bits per heavy atom. The maximum atomic E-state index is 11.5. The summed E-state index contributed by atoms with van der Waals surface area (Å²) in [6.07, 6.45) is 3.65. The normalized spacial score (nSPS) is 20.5. The van der Waals surface area contributed by atoms with Crippen LogP contribution in [-0.2, 0) is 4.79 Å². The molecule has 1 amide bonds. The van der Waals surface area contributed by atoms with Gasteiger partial charge in [-0.2, -0.15) is 5.26 Å². The smallest absolute Gasteiger partial charge is 0.225 e. The molecule has 1 atom stereocenters. The summed E-state index contributed by atoms with van der Waals surface area (Å²) in [5.41, 5.74) is 0.571. The summed E-state index contributed by atoms with van der Waals surface area (Å²) in [6.45, 7) is 0. The number of furan rings is 1. The van der Waals surface area contributed by atoms with Crippen molar-refractivity contribution in [2.75, 3.05) is 6.26 Å². The Morgan fingerprint density at radius 2 is 2.50 bits per heavy atom. The molecule has 1 aromatic rings. The zero-order valence-corrected chi connectivity index (χ0v) is 9.50. The lowest BCUT2D eigenvalue weighted by Gasteiger charge is -2.22. The van der Waals surface area contributed by atoms with Gasteiger partial charge in [-0.25, -0.2) is 0 Å². The van der Waals surface area contributed by atoms with E-state index in [1.54, 1.807) is 18.4 Å². The van der Waals surface area contributed by atoms with Crippen molar-refractivity contribution in [3.05, 3.63) is 34.8 Å². The van der Waals surface area contributed by atoms with Crippen molar-refractivity contribution in [2.45, 2.75) is 12.3 Å². The van der Waals surface area contributed by atoms with Crippen molar-refractivity contribution in [1.29, 1.82) is 5.26 Å². The number of nitriles is 1. The van der Waals surface area contributed by atoms with E-state index < -0.39 is 0 Å². The molecule has 0 saturated carbocycles. The van der Waals surface area contributed by atoms with E-state index in [0.717, 1.165) is 0 Å². The van der Waals surface area contributed by atoms with Gasteiger partial charge in [0.05, 0.1) is 28.9 Å². The van der Waals surface area contributed by atoms with Crippen LogP contribution in [0.2, 0.25) is 0 Å². The van der Waals surface area contributed by atoms with Crippen LogP contribution in [0.25, 0.3) is 0 Å². The van der Waals surface area contributed by atoms with E-state index in [-0.39, 0.29) is 18.2 Å². The number of thioether (sulfide) groups is 1. The van der Waals surface area contributed by atoms with E-state index in [2.05, 4.69) is 11.4 Å². The largest absolute Gasteiger partial charge is 0.469 e. The van der Waals surface area contributed by atoms with Crippen molar-refractivity contribution in [2.24, 2.45) is 0 Å². The second-order valence-corrected chi connectivity index (χ2v) is 4.20.